The van der Waals surface area contributed by atoms with Crippen molar-refractivity contribution in [3.05, 3.63) is 35.9 Å². The van der Waals surface area contributed by atoms with Crippen LogP contribution >= 0.6 is 0 Å². The van der Waals surface area contributed by atoms with Gasteiger partial charge in [0.05, 0.1) is 5.52 Å². The Hall–Kier alpha value is -2.37. The molecule has 0 saturated heterocycles. The van der Waals surface area contributed by atoms with Crippen LogP contribution in [0.2, 0.25) is 0 Å². The second-order valence-electron chi connectivity index (χ2n) is 6.09. The van der Waals surface area contributed by atoms with Gasteiger partial charge in [-0.15, -0.1) is 0 Å². The summed E-state index contributed by atoms with van der Waals surface area (Å²) in [6, 6.07) is 5.71. The first-order chi connectivity index (χ1) is 10.6. The molecule has 2 aromatic rings. The molecule has 2 heterocycles. The van der Waals surface area contributed by atoms with E-state index >= 15 is 0 Å². The third-order valence-electron chi connectivity index (χ3n) is 3.55. The van der Waals surface area contributed by atoms with E-state index in [1.54, 1.807) is 16.7 Å². The van der Waals surface area contributed by atoms with Crippen molar-refractivity contribution in [1.29, 1.82) is 0 Å². The Morgan fingerprint density at radius 3 is 2.77 bits per heavy atom. The molecular weight excluding hydrogens is 280 g/mol. The van der Waals surface area contributed by atoms with Gasteiger partial charge in [0.1, 0.15) is 0 Å². The van der Waals surface area contributed by atoms with Crippen LogP contribution in [-0.4, -0.2) is 33.8 Å². The van der Waals surface area contributed by atoms with Gasteiger partial charge in [-0.25, -0.2) is 4.98 Å². The monoisotopic (exact) mass is 300 g/mol. The number of fused-ring (bicyclic) bond motifs is 1. The van der Waals surface area contributed by atoms with E-state index in [-0.39, 0.29) is 23.7 Å². The predicted molar refractivity (Wildman–Crippen MR) is 82.9 cm³/mol. The molecule has 6 nitrogen and oxygen atoms in total. The van der Waals surface area contributed by atoms with E-state index in [0.29, 0.717) is 23.7 Å². The number of nitrogens with one attached hydrogen (secondary N) is 2. The number of hydrogen-bond acceptors (Lipinski definition) is 3. The number of carbonyl (C=O) groups excluding carboxylic acids is 2. The molecule has 0 atom stereocenters. The number of imidazole rings is 1. The van der Waals surface area contributed by atoms with E-state index in [1.807, 2.05) is 26.0 Å². The molecule has 2 aromatic heterocycles. The molecule has 0 aliphatic heterocycles. The van der Waals surface area contributed by atoms with Crippen LogP contribution in [0.5, 0.6) is 0 Å². The Labute approximate surface area is 128 Å². The summed E-state index contributed by atoms with van der Waals surface area (Å²) >= 11 is 0. The topological polar surface area (TPSA) is 75.5 Å². The van der Waals surface area contributed by atoms with Gasteiger partial charge in [-0.05, 0) is 30.9 Å². The van der Waals surface area contributed by atoms with Gasteiger partial charge in [0, 0.05) is 18.8 Å². The summed E-state index contributed by atoms with van der Waals surface area (Å²) in [7, 11) is 0. The molecule has 0 aromatic carbocycles. The lowest BCUT2D eigenvalue weighted by molar-refractivity contribution is 0.0938. The molecule has 1 saturated carbocycles. The Bertz CT molecular complexity index is 716. The number of amides is 2. The minimum atomic E-state index is -0.264. The van der Waals surface area contributed by atoms with Gasteiger partial charge < -0.3 is 10.6 Å². The minimum Gasteiger partial charge on any atom is -0.349 e. The molecule has 0 bridgehead atoms. The van der Waals surface area contributed by atoms with Crippen molar-refractivity contribution in [1.82, 2.24) is 20.0 Å². The van der Waals surface area contributed by atoms with E-state index in [4.69, 9.17) is 0 Å². The molecular formula is C16H20N4O2. The van der Waals surface area contributed by atoms with Gasteiger partial charge in [0.2, 0.25) is 5.82 Å². The zero-order valence-corrected chi connectivity index (χ0v) is 12.8. The smallest absolute Gasteiger partial charge is 0.287 e. The number of hydrogen-bond donors (Lipinski definition) is 2. The molecule has 0 unspecified atom stereocenters. The fraction of sp³-hybridized carbons (Fsp3) is 0.438. The highest BCUT2D eigenvalue weighted by atomic mass is 16.2. The van der Waals surface area contributed by atoms with Gasteiger partial charge in [0.25, 0.3) is 11.8 Å². The highest BCUT2D eigenvalue weighted by Gasteiger charge is 2.27. The highest BCUT2D eigenvalue weighted by Crippen LogP contribution is 2.20. The van der Waals surface area contributed by atoms with Crippen LogP contribution in [-0.2, 0) is 0 Å². The predicted octanol–water partition coefficient (Wildman–Crippen LogP) is 1.61. The number of carbonyl (C=O) groups is 2. The van der Waals surface area contributed by atoms with Crippen molar-refractivity contribution in [2.45, 2.75) is 32.7 Å². The van der Waals surface area contributed by atoms with Gasteiger partial charge in [-0.1, -0.05) is 19.9 Å². The van der Waals surface area contributed by atoms with Gasteiger partial charge in [-0.2, -0.15) is 0 Å². The van der Waals surface area contributed by atoms with Gasteiger partial charge in [0.15, 0.2) is 5.69 Å². The second kappa shape index (κ2) is 5.79. The Morgan fingerprint density at radius 2 is 2.09 bits per heavy atom. The van der Waals surface area contributed by atoms with Crippen LogP contribution in [0.25, 0.3) is 5.52 Å². The molecule has 1 aliphatic carbocycles. The third-order valence-corrected chi connectivity index (χ3v) is 3.55. The Morgan fingerprint density at radius 1 is 1.32 bits per heavy atom. The molecule has 1 aliphatic rings. The van der Waals surface area contributed by atoms with E-state index in [1.165, 1.54) is 0 Å². The van der Waals surface area contributed by atoms with E-state index < -0.39 is 0 Å². The molecule has 6 heteroatoms. The van der Waals surface area contributed by atoms with Crippen LogP contribution in [0.1, 0.15) is 47.8 Å². The quantitative estimate of drug-likeness (QED) is 0.881. The van der Waals surface area contributed by atoms with E-state index in [2.05, 4.69) is 15.6 Å². The highest BCUT2D eigenvalue weighted by molar-refractivity contribution is 6.02. The number of rotatable bonds is 5. The van der Waals surface area contributed by atoms with Gasteiger partial charge >= 0.3 is 0 Å². The molecule has 22 heavy (non-hydrogen) atoms. The van der Waals surface area contributed by atoms with Crippen molar-refractivity contribution < 1.29 is 9.59 Å². The molecule has 3 rings (SSSR count). The normalized spacial score (nSPS) is 14.3. The molecule has 2 amide bonds. The largest absolute Gasteiger partial charge is 0.349 e. The number of nitrogens with zero attached hydrogens (tertiary/aromatic N) is 2. The Kier molecular flexibility index (Phi) is 3.83. The Balaban J connectivity index is 1.92. The fourth-order valence-electron chi connectivity index (χ4n) is 2.22. The summed E-state index contributed by atoms with van der Waals surface area (Å²) in [6.45, 7) is 4.63. The fourth-order valence-corrected chi connectivity index (χ4v) is 2.22. The van der Waals surface area contributed by atoms with Crippen LogP contribution < -0.4 is 10.6 Å². The summed E-state index contributed by atoms with van der Waals surface area (Å²) in [4.78, 5) is 28.9. The summed E-state index contributed by atoms with van der Waals surface area (Å²) in [5, 5.41) is 5.76. The van der Waals surface area contributed by atoms with Crippen molar-refractivity contribution in [2.75, 3.05) is 6.54 Å². The maximum absolute atomic E-state index is 12.3. The molecule has 2 N–H and O–H groups in total. The lowest BCUT2D eigenvalue weighted by Crippen LogP contribution is -2.29. The zero-order valence-electron chi connectivity index (χ0n) is 12.8. The van der Waals surface area contributed by atoms with Crippen molar-refractivity contribution in [2.24, 2.45) is 5.92 Å². The SMILES string of the molecule is CC(C)CNC(=O)c1nc(C(=O)NC2CC2)c2ccccn12. The second-order valence-corrected chi connectivity index (χ2v) is 6.09. The molecule has 116 valence electrons. The van der Waals surface area contributed by atoms with Crippen LogP contribution in [0.3, 0.4) is 0 Å². The number of aromatic nitrogens is 2. The first kappa shape index (κ1) is 14.6. The zero-order chi connectivity index (χ0) is 15.7. The van der Waals surface area contributed by atoms with Crippen LogP contribution in [0.15, 0.2) is 24.4 Å². The summed E-state index contributed by atoms with van der Waals surface area (Å²) < 4.78 is 1.66. The standard InChI is InChI=1S/C16H20N4O2/c1-10(2)9-17-16(22)14-19-13(15(21)18-11-6-7-11)12-5-3-4-8-20(12)14/h3-5,8,10-11H,6-7,9H2,1-2H3,(H,17,22)(H,18,21). The van der Waals surface area contributed by atoms with E-state index in [0.717, 1.165) is 12.8 Å². The lowest BCUT2D eigenvalue weighted by atomic mass is 10.2. The maximum Gasteiger partial charge on any atom is 0.287 e. The van der Waals surface area contributed by atoms with Crippen molar-refractivity contribution in [3.8, 4) is 0 Å². The summed E-state index contributed by atoms with van der Waals surface area (Å²) in [6.07, 6.45) is 3.78. The third kappa shape index (κ3) is 2.95. The molecule has 1 fully saturated rings. The molecule has 0 radical (unpaired) electrons. The van der Waals surface area contributed by atoms with Gasteiger partial charge in [-0.3, -0.25) is 14.0 Å². The van der Waals surface area contributed by atoms with Crippen molar-refractivity contribution in [3.63, 3.8) is 0 Å². The first-order valence-corrected chi connectivity index (χ1v) is 7.62. The number of pyridine rings is 1. The molecule has 0 spiro atoms. The minimum absolute atomic E-state index is 0.214. The summed E-state index contributed by atoms with van der Waals surface area (Å²) in [5.74, 6) is 0.125. The first-order valence-electron chi connectivity index (χ1n) is 7.62. The van der Waals surface area contributed by atoms with Crippen LogP contribution in [0, 0.1) is 5.92 Å². The van der Waals surface area contributed by atoms with Crippen molar-refractivity contribution >= 4 is 17.3 Å². The maximum atomic E-state index is 12.3. The average molecular weight is 300 g/mol. The van der Waals surface area contributed by atoms with Crippen LogP contribution in [0.4, 0.5) is 0 Å². The average Bonchev–Trinajstić information content (AvgIpc) is 3.22. The lowest BCUT2D eigenvalue weighted by Gasteiger charge is -2.06. The summed E-state index contributed by atoms with van der Waals surface area (Å²) in [5.41, 5.74) is 0.956. The van der Waals surface area contributed by atoms with E-state index in [9.17, 15) is 9.59 Å².